The van der Waals surface area contributed by atoms with Crippen LogP contribution in [-0.2, 0) is 4.74 Å². The van der Waals surface area contributed by atoms with E-state index in [2.05, 4.69) is 9.88 Å². The van der Waals surface area contributed by atoms with E-state index in [9.17, 15) is 4.79 Å². The van der Waals surface area contributed by atoms with Crippen molar-refractivity contribution in [1.29, 1.82) is 0 Å². The van der Waals surface area contributed by atoms with Gasteiger partial charge in [0.2, 0.25) is 0 Å². The fourth-order valence-corrected chi connectivity index (χ4v) is 3.53. The number of anilines is 1. The topological polar surface area (TPSA) is 45.7 Å². The monoisotopic (exact) mass is 281 g/mol. The van der Waals surface area contributed by atoms with Gasteiger partial charge in [-0.1, -0.05) is 0 Å². The van der Waals surface area contributed by atoms with Gasteiger partial charge in [0, 0.05) is 24.7 Å². The number of aromatic nitrogens is 1. The molecular weight excluding hydrogens is 262 g/mol. The van der Waals surface area contributed by atoms with Crippen LogP contribution in [0.15, 0.2) is 11.6 Å². The molecule has 0 aromatic carbocycles. The van der Waals surface area contributed by atoms with E-state index < -0.39 is 5.60 Å². The molecule has 1 amide bonds. The molecule has 0 spiro atoms. The van der Waals surface area contributed by atoms with Crippen molar-refractivity contribution in [3.63, 3.8) is 0 Å². The molecule has 2 aliphatic rings. The summed E-state index contributed by atoms with van der Waals surface area (Å²) in [5, 5.41) is 3.06. The van der Waals surface area contributed by atoms with E-state index >= 15 is 0 Å². The Morgan fingerprint density at radius 3 is 2.74 bits per heavy atom. The lowest BCUT2D eigenvalue weighted by Crippen LogP contribution is -2.50. The predicted octanol–water partition coefficient (Wildman–Crippen LogP) is 2.34. The van der Waals surface area contributed by atoms with Crippen LogP contribution in [0.4, 0.5) is 9.93 Å². The number of hydrogen-bond donors (Lipinski definition) is 0. The van der Waals surface area contributed by atoms with Crippen LogP contribution in [0.1, 0.15) is 27.2 Å². The minimum absolute atomic E-state index is 0.182. The molecule has 0 unspecified atom stereocenters. The van der Waals surface area contributed by atoms with Crippen LogP contribution < -0.4 is 4.90 Å². The fourth-order valence-electron chi connectivity index (χ4n) is 2.80. The minimum Gasteiger partial charge on any atom is -0.444 e. The summed E-state index contributed by atoms with van der Waals surface area (Å²) in [4.78, 5) is 20.7. The number of likely N-dealkylation sites (tertiary alicyclic amines) is 1. The van der Waals surface area contributed by atoms with E-state index in [4.69, 9.17) is 4.74 Å². The van der Waals surface area contributed by atoms with E-state index in [0.717, 1.165) is 24.6 Å². The van der Waals surface area contributed by atoms with E-state index in [1.54, 1.807) is 11.3 Å². The van der Waals surface area contributed by atoms with Gasteiger partial charge in [-0.3, -0.25) is 0 Å². The van der Waals surface area contributed by atoms with Gasteiger partial charge in [-0.2, -0.15) is 0 Å². The maximum absolute atomic E-state index is 12.1. The normalized spacial score (nSPS) is 26.1. The number of nitrogens with zero attached hydrogens (tertiary/aromatic N) is 3. The average molecular weight is 281 g/mol. The molecule has 3 rings (SSSR count). The van der Waals surface area contributed by atoms with Crippen LogP contribution in [0.25, 0.3) is 0 Å². The van der Waals surface area contributed by atoms with Crippen LogP contribution in [-0.4, -0.2) is 46.8 Å². The zero-order valence-electron chi connectivity index (χ0n) is 11.5. The quantitative estimate of drug-likeness (QED) is 0.792. The van der Waals surface area contributed by atoms with Gasteiger partial charge in [0.05, 0.1) is 12.1 Å². The lowest BCUT2D eigenvalue weighted by Gasteiger charge is -2.35. The summed E-state index contributed by atoms with van der Waals surface area (Å²) in [6.45, 7) is 7.33. The summed E-state index contributed by atoms with van der Waals surface area (Å²) in [6, 6.07) is 0.660. The Bertz CT molecular complexity index is 469. The molecule has 19 heavy (non-hydrogen) atoms. The summed E-state index contributed by atoms with van der Waals surface area (Å²) >= 11 is 1.66. The Hall–Kier alpha value is -1.30. The first kappa shape index (κ1) is 12.7. The van der Waals surface area contributed by atoms with Crippen molar-refractivity contribution in [3.05, 3.63) is 11.6 Å². The smallest absolute Gasteiger partial charge is 0.410 e. The molecule has 1 aromatic rings. The second-order valence-electron chi connectivity index (χ2n) is 6.14. The van der Waals surface area contributed by atoms with Crippen molar-refractivity contribution in [3.8, 4) is 0 Å². The summed E-state index contributed by atoms with van der Waals surface area (Å²) in [5.74, 6) is 0. The van der Waals surface area contributed by atoms with Gasteiger partial charge in [-0.25, -0.2) is 9.78 Å². The predicted molar refractivity (Wildman–Crippen MR) is 74.6 cm³/mol. The molecule has 6 heteroatoms. The van der Waals surface area contributed by atoms with E-state index in [0.29, 0.717) is 6.04 Å². The second-order valence-corrected chi connectivity index (χ2v) is 7.02. The molecule has 0 saturated carbocycles. The molecule has 0 N–H and O–H groups in total. The maximum Gasteiger partial charge on any atom is 0.410 e. The Balaban J connectivity index is 1.65. The zero-order valence-corrected chi connectivity index (χ0v) is 12.3. The SMILES string of the molecule is CC(C)(C)OC(=O)N1C[C@H]2C[C@@H]1CN2c1nccs1. The summed E-state index contributed by atoms with van der Waals surface area (Å²) in [5.41, 5.74) is -0.423. The Kier molecular flexibility index (Phi) is 2.92. The number of rotatable bonds is 1. The number of carbonyl (C=O) groups excluding carboxylic acids is 1. The highest BCUT2D eigenvalue weighted by Gasteiger charge is 2.47. The molecule has 2 bridgehead atoms. The number of amides is 1. The van der Waals surface area contributed by atoms with Crippen molar-refractivity contribution >= 4 is 22.6 Å². The van der Waals surface area contributed by atoms with Gasteiger partial charge in [-0.15, -0.1) is 11.3 Å². The van der Waals surface area contributed by atoms with Crippen molar-refractivity contribution in [2.45, 2.75) is 44.9 Å². The van der Waals surface area contributed by atoms with E-state index in [1.807, 2.05) is 37.2 Å². The Morgan fingerprint density at radius 1 is 1.42 bits per heavy atom. The van der Waals surface area contributed by atoms with Crippen molar-refractivity contribution < 1.29 is 9.53 Å². The van der Waals surface area contributed by atoms with Crippen molar-refractivity contribution in [2.75, 3.05) is 18.0 Å². The first-order valence-corrected chi connectivity index (χ1v) is 7.48. The molecule has 2 saturated heterocycles. The van der Waals surface area contributed by atoms with E-state index in [-0.39, 0.29) is 12.1 Å². The second kappa shape index (κ2) is 4.37. The maximum atomic E-state index is 12.1. The van der Waals surface area contributed by atoms with Gasteiger partial charge < -0.3 is 14.5 Å². The standard InChI is InChI=1S/C13H19N3O2S/c1-13(2,3)18-12(17)16-8-9-6-10(16)7-15(9)11-14-4-5-19-11/h4-5,9-10H,6-8H2,1-3H3/t9-,10-/m1/s1. The fraction of sp³-hybridized carbons (Fsp3) is 0.692. The number of carbonyl (C=O) groups is 1. The average Bonchev–Trinajstić information content (AvgIpc) is 3.02. The van der Waals surface area contributed by atoms with E-state index in [1.165, 1.54) is 0 Å². The number of piperazine rings is 1. The zero-order chi connectivity index (χ0) is 13.6. The van der Waals surface area contributed by atoms with Crippen molar-refractivity contribution in [1.82, 2.24) is 9.88 Å². The van der Waals surface area contributed by atoms with Crippen LogP contribution in [0.5, 0.6) is 0 Å². The highest BCUT2D eigenvalue weighted by atomic mass is 32.1. The number of thiazole rings is 1. The van der Waals surface area contributed by atoms with Gasteiger partial charge in [0.25, 0.3) is 0 Å². The molecule has 1 aromatic heterocycles. The lowest BCUT2D eigenvalue weighted by atomic mass is 10.2. The van der Waals surface area contributed by atoms with Gasteiger partial charge in [-0.05, 0) is 27.2 Å². The molecule has 0 radical (unpaired) electrons. The van der Waals surface area contributed by atoms with Crippen LogP contribution in [0, 0.1) is 0 Å². The highest BCUT2D eigenvalue weighted by molar-refractivity contribution is 7.13. The summed E-state index contributed by atoms with van der Waals surface area (Å²) in [7, 11) is 0. The highest BCUT2D eigenvalue weighted by Crippen LogP contribution is 2.35. The first-order chi connectivity index (χ1) is 8.94. The molecule has 5 nitrogen and oxygen atoms in total. The molecule has 3 heterocycles. The number of fused-ring (bicyclic) bond motifs is 2. The Morgan fingerprint density at radius 2 is 2.21 bits per heavy atom. The third kappa shape index (κ3) is 2.41. The lowest BCUT2D eigenvalue weighted by molar-refractivity contribution is 0.0215. The van der Waals surface area contributed by atoms with Crippen LogP contribution in [0.2, 0.25) is 0 Å². The summed E-state index contributed by atoms with van der Waals surface area (Å²) in [6.07, 6.45) is 2.68. The summed E-state index contributed by atoms with van der Waals surface area (Å²) < 4.78 is 5.46. The van der Waals surface area contributed by atoms with Gasteiger partial charge in [0.15, 0.2) is 5.13 Å². The van der Waals surface area contributed by atoms with Crippen LogP contribution >= 0.6 is 11.3 Å². The first-order valence-electron chi connectivity index (χ1n) is 6.60. The Labute approximate surface area is 117 Å². The minimum atomic E-state index is -0.423. The third-order valence-corrected chi connectivity index (χ3v) is 4.34. The molecular formula is C13H19N3O2S. The van der Waals surface area contributed by atoms with Gasteiger partial charge in [0.1, 0.15) is 5.60 Å². The number of hydrogen-bond acceptors (Lipinski definition) is 5. The molecule has 2 atom stereocenters. The molecule has 0 aliphatic carbocycles. The third-order valence-electron chi connectivity index (χ3n) is 3.53. The van der Waals surface area contributed by atoms with Crippen LogP contribution in [0.3, 0.4) is 0 Å². The van der Waals surface area contributed by atoms with Crippen molar-refractivity contribution in [2.24, 2.45) is 0 Å². The molecule has 2 aliphatic heterocycles. The molecule has 104 valence electrons. The molecule has 2 fully saturated rings. The largest absolute Gasteiger partial charge is 0.444 e. The van der Waals surface area contributed by atoms with Gasteiger partial charge >= 0.3 is 6.09 Å². The number of ether oxygens (including phenoxy) is 1.